The molecule has 2 nitrogen and oxygen atoms in total. The number of ether oxygens (including phenoxy) is 1. The zero-order chi connectivity index (χ0) is 12.7. The Hall–Kier alpha value is -1.05. The fourth-order valence-corrected chi connectivity index (χ4v) is 2.50. The van der Waals surface area contributed by atoms with E-state index in [2.05, 4.69) is 19.6 Å². The van der Waals surface area contributed by atoms with Crippen LogP contribution in [0.2, 0.25) is 0 Å². The quantitative estimate of drug-likeness (QED) is 0.406. The van der Waals surface area contributed by atoms with Crippen molar-refractivity contribution in [3.05, 3.63) is 24.5 Å². The minimum Gasteiger partial charge on any atom is -0.428 e. The lowest BCUT2D eigenvalue weighted by atomic mass is 9.81. The van der Waals surface area contributed by atoms with Crippen molar-refractivity contribution in [3.63, 3.8) is 0 Å². The van der Waals surface area contributed by atoms with Gasteiger partial charge in [-0.1, -0.05) is 39.7 Å². The van der Waals surface area contributed by atoms with E-state index >= 15 is 0 Å². The molecule has 0 N–H and O–H groups in total. The fourth-order valence-electron chi connectivity index (χ4n) is 2.50. The maximum Gasteiger partial charge on any atom is 0.335 e. The van der Waals surface area contributed by atoms with Crippen LogP contribution in [0.1, 0.15) is 52.4 Å². The summed E-state index contributed by atoms with van der Waals surface area (Å²) >= 11 is 0. The summed E-state index contributed by atoms with van der Waals surface area (Å²) in [6.45, 7) is 7.74. The molecule has 2 unspecified atom stereocenters. The van der Waals surface area contributed by atoms with Crippen molar-refractivity contribution in [1.29, 1.82) is 0 Å². The van der Waals surface area contributed by atoms with E-state index in [1.807, 2.05) is 6.92 Å². The lowest BCUT2D eigenvalue weighted by Crippen LogP contribution is -2.12. The third-order valence-electron chi connectivity index (χ3n) is 3.47. The summed E-state index contributed by atoms with van der Waals surface area (Å²) in [5, 5.41) is 0. The third-order valence-corrected chi connectivity index (χ3v) is 3.47. The minimum atomic E-state index is -0.352. The SMILES string of the molecule is C=CC(=O)O/C(=C/CC1CCCC(C)C1)CC. The van der Waals surface area contributed by atoms with Gasteiger partial charge in [-0.25, -0.2) is 4.79 Å². The van der Waals surface area contributed by atoms with Gasteiger partial charge in [-0.3, -0.25) is 0 Å². The fraction of sp³-hybridized carbons (Fsp3) is 0.667. The number of rotatable bonds is 5. The van der Waals surface area contributed by atoms with Crippen LogP contribution in [-0.4, -0.2) is 5.97 Å². The molecule has 0 spiro atoms. The van der Waals surface area contributed by atoms with Gasteiger partial charge in [0.2, 0.25) is 0 Å². The Bertz CT molecular complexity index is 291. The Morgan fingerprint density at radius 1 is 1.47 bits per heavy atom. The molecule has 96 valence electrons. The highest BCUT2D eigenvalue weighted by atomic mass is 16.5. The molecule has 0 aromatic carbocycles. The summed E-state index contributed by atoms with van der Waals surface area (Å²) < 4.78 is 5.17. The van der Waals surface area contributed by atoms with Crippen molar-refractivity contribution in [2.24, 2.45) is 11.8 Å². The number of esters is 1. The predicted molar refractivity (Wildman–Crippen MR) is 70.4 cm³/mol. The molecule has 0 heterocycles. The second-order valence-electron chi connectivity index (χ2n) is 5.02. The Kier molecular flexibility index (Phi) is 6.03. The molecule has 1 fully saturated rings. The van der Waals surface area contributed by atoms with E-state index in [4.69, 9.17) is 4.74 Å². The number of hydrogen-bond acceptors (Lipinski definition) is 2. The van der Waals surface area contributed by atoms with E-state index in [1.165, 1.54) is 31.8 Å². The minimum absolute atomic E-state index is 0.352. The van der Waals surface area contributed by atoms with Crippen LogP contribution in [0.3, 0.4) is 0 Å². The van der Waals surface area contributed by atoms with E-state index in [0.717, 1.165) is 30.4 Å². The molecule has 1 rings (SSSR count). The Labute approximate surface area is 105 Å². The van der Waals surface area contributed by atoms with Crippen molar-refractivity contribution >= 4 is 5.97 Å². The van der Waals surface area contributed by atoms with Crippen LogP contribution in [0.15, 0.2) is 24.5 Å². The lowest BCUT2D eigenvalue weighted by Gasteiger charge is -2.25. The van der Waals surface area contributed by atoms with E-state index in [1.54, 1.807) is 0 Å². The average Bonchev–Trinajstić information content (AvgIpc) is 2.34. The molecular formula is C15H24O2. The zero-order valence-electron chi connectivity index (χ0n) is 11.1. The van der Waals surface area contributed by atoms with Gasteiger partial charge in [0.1, 0.15) is 5.76 Å². The van der Waals surface area contributed by atoms with Crippen LogP contribution in [-0.2, 0) is 9.53 Å². The Morgan fingerprint density at radius 3 is 2.82 bits per heavy atom. The average molecular weight is 236 g/mol. The summed E-state index contributed by atoms with van der Waals surface area (Å²) in [5.41, 5.74) is 0. The van der Waals surface area contributed by atoms with Crippen molar-refractivity contribution in [2.75, 3.05) is 0 Å². The maximum atomic E-state index is 11.1. The summed E-state index contributed by atoms with van der Waals surface area (Å²) in [4.78, 5) is 11.1. The second kappa shape index (κ2) is 7.31. The van der Waals surface area contributed by atoms with E-state index in [0.29, 0.717) is 0 Å². The van der Waals surface area contributed by atoms with Gasteiger partial charge in [0, 0.05) is 12.5 Å². The van der Waals surface area contributed by atoms with Crippen LogP contribution < -0.4 is 0 Å². The molecule has 2 atom stereocenters. The number of allylic oxidation sites excluding steroid dienone is 2. The van der Waals surface area contributed by atoms with Crippen molar-refractivity contribution < 1.29 is 9.53 Å². The highest BCUT2D eigenvalue weighted by Crippen LogP contribution is 2.31. The topological polar surface area (TPSA) is 26.3 Å². The summed E-state index contributed by atoms with van der Waals surface area (Å²) in [6, 6.07) is 0. The summed E-state index contributed by atoms with van der Waals surface area (Å²) in [7, 11) is 0. The third kappa shape index (κ3) is 5.20. The predicted octanol–water partition coefficient (Wildman–Crippen LogP) is 4.23. The standard InChI is InChI=1S/C15H24O2/c1-4-14(17-15(16)5-2)10-9-13-8-6-7-12(3)11-13/h5,10,12-13H,2,4,6-9,11H2,1,3H3/b14-10+. The first-order valence-electron chi connectivity index (χ1n) is 6.69. The molecule has 0 amide bonds. The number of carbonyl (C=O) groups excluding carboxylic acids is 1. The summed E-state index contributed by atoms with van der Waals surface area (Å²) in [6.07, 6.45) is 10.4. The van der Waals surface area contributed by atoms with Crippen LogP contribution in [0.5, 0.6) is 0 Å². The second-order valence-corrected chi connectivity index (χ2v) is 5.02. The van der Waals surface area contributed by atoms with Gasteiger partial charge in [-0.2, -0.15) is 0 Å². The normalized spacial score (nSPS) is 25.4. The van der Waals surface area contributed by atoms with E-state index in [9.17, 15) is 4.79 Å². The van der Waals surface area contributed by atoms with Gasteiger partial charge in [0.05, 0.1) is 0 Å². The molecule has 0 saturated heterocycles. The highest BCUT2D eigenvalue weighted by Gasteiger charge is 2.18. The first-order chi connectivity index (χ1) is 8.15. The number of carbonyl (C=O) groups is 1. The van der Waals surface area contributed by atoms with Gasteiger partial charge in [-0.15, -0.1) is 0 Å². The monoisotopic (exact) mass is 236 g/mol. The molecule has 0 aromatic rings. The van der Waals surface area contributed by atoms with Crippen LogP contribution in [0, 0.1) is 11.8 Å². The first kappa shape index (κ1) is 14.0. The maximum absolute atomic E-state index is 11.1. The Morgan fingerprint density at radius 2 is 2.24 bits per heavy atom. The van der Waals surface area contributed by atoms with Gasteiger partial charge in [0.15, 0.2) is 0 Å². The van der Waals surface area contributed by atoms with Gasteiger partial charge in [0.25, 0.3) is 0 Å². The zero-order valence-corrected chi connectivity index (χ0v) is 11.1. The smallest absolute Gasteiger partial charge is 0.335 e. The van der Waals surface area contributed by atoms with Crippen LogP contribution in [0.25, 0.3) is 0 Å². The molecule has 1 aliphatic carbocycles. The van der Waals surface area contributed by atoms with Crippen molar-refractivity contribution in [2.45, 2.75) is 52.4 Å². The Balaban J connectivity index is 2.43. The van der Waals surface area contributed by atoms with Gasteiger partial charge < -0.3 is 4.74 Å². The molecule has 0 radical (unpaired) electrons. The van der Waals surface area contributed by atoms with Crippen molar-refractivity contribution in [1.82, 2.24) is 0 Å². The number of hydrogen-bond donors (Lipinski definition) is 0. The van der Waals surface area contributed by atoms with Crippen LogP contribution in [0.4, 0.5) is 0 Å². The molecule has 0 aromatic heterocycles. The molecule has 2 heteroatoms. The highest BCUT2D eigenvalue weighted by molar-refractivity contribution is 5.82. The van der Waals surface area contributed by atoms with Gasteiger partial charge in [-0.05, 0) is 30.8 Å². The van der Waals surface area contributed by atoms with Crippen LogP contribution >= 0.6 is 0 Å². The van der Waals surface area contributed by atoms with Gasteiger partial charge >= 0.3 is 5.97 Å². The lowest BCUT2D eigenvalue weighted by molar-refractivity contribution is -0.134. The molecule has 0 aliphatic heterocycles. The van der Waals surface area contributed by atoms with Crippen molar-refractivity contribution in [3.8, 4) is 0 Å². The molecule has 1 saturated carbocycles. The molecule has 0 bridgehead atoms. The molecule has 1 aliphatic rings. The molecular weight excluding hydrogens is 212 g/mol. The first-order valence-corrected chi connectivity index (χ1v) is 6.69. The van der Waals surface area contributed by atoms with E-state index in [-0.39, 0.29) is 5.97 Å². The largest absolute Gasteiger partial charge is 0.428 e. The summed E-state index contributed by atoms with van der Waals surface area (Å²) in [5.74, 6) is 2.05. The van der Waals surface area contributed by atoms with E-state index < -0.39 is 0 Å². The molecule has 17 heavy (non-hydrogen) atoms.